The number of amides is 2. The molecule has 1 atom stereocenters. The lowest BCUT2D eigenvalue weighted by Gasteiger charge is -2.35. The van der Waals surface area contributed by atoms with Crippen molar-refractivity contribution in [3.8, 4) is 0 Å². The highest BCUT2D eigenvalue weighted by molar-refractivity contribution is 7.92. The van der Waals surface area contributed by atoms with Crippen LogP contribution in [0, 0.1) is 13.8 Å². The van der Waals surface area contributed by atoms with E-state index in [9.17, 15) is 18.0 Å². The molecule has 2 amide bonds. The van der Waals surface area contributed by atoms with E-state index in [0.717, 1.165) is 15.4 Å². The molecule has 3 aromatic rings. The van der Waals surface area contributed by atoms with Crippen LogP contribution in [0.1, 0.15) is 50.8 Å². The molecule has 3 aromatic carbocycles. The van der Waals surface area contributed by atoms with Crippen LogP contribution in [0.3, 0.4) is 0 Å². The smallest absolute Gasteiger partial charge is 0.264 e. The Morgan fingerprint density at radius 3 is 2.12 bits per heavy atom. The highest BCUT2D eigenvalue weighted by atomic mass is 35.5. The lowest BCUT2D eigenvalue weighted by Crippen LogP contribution is -2.55. The second kappa shape index (κ2) is 13.3. The molecule has 0 aromatic heterocycles. The van der Waals surface area contributed by atoms with Crippen molar-refractivity contribution in [1.29, 1.82) is 0 Å². The minimum absolute atomic E-state index is 0.0110. The van der Waals surface area contributed by atoms with Gasteiger partial charge in [-0.05, 0) is 100 Å². The van der Waals surface area contributed by atoms with E-state index in [1.165, 1.54) is 29.2 Å². The van der Waals surface area contributed by atoms with Crippen molar-refractivity contribution in [1.82, 2.24) is 10.2 Å². The molecule has 0 unspecified atom stereocenters. The molecule has 10 heteroatoms. The molecule has 0 aliphatic rings. The van der Waals surface area contributed by atoms with Gasteiger partial charge < -0.3 is 10.2 Å². The Kier molecular flexibility index (Phi) is 10.5. The highest BCUT2D eigenvalue weighted by Crippen LogP contribution is 2.28. The Hall–Kier alpha value is -3.07. The number of anilines is 1. The average Bonchev–Trinajstić information content (AvgIpc) is 2.89. The lowest BCUT2D eigenvalue weighted by atomic mass is 10.1. The second-order valence-corrected chi connectivity index (χ2v) is 13.7. The molecule has 0 bridgehead atoms. The largest absolute Gasteiger partial charge is 0.350 e. The summed E-state index contributed by atoms with van der Waals surface area (Å²) in [4.78, 5) is 29.0. The topological polar surface area (TPSA) is 86.8 Å². The molecule has 220 valence electrons. The van der Waals surface area contributed by atoms with Crippen LogP contribution in [-0.4, -0.2) is 43.3 Å². The number of sulfonamides is 1. The SMILES string of the molecule is CC[C@@H](C(=O)NC(C)(C)C)N(Cc1ccccc1Cl)C(=O)CN(c1ccc(C)c(C)c1)S(=O)(=O)c1ccc(Cl)cc1. The number of rotatable bonds is 10. The summed E-state index contributed by atoms with van der Waals surface area (Å²) in [5.41, 5.74) is 2.29. The Morgan fingerprint density at radius 1 is 0.927 bits per heavy atom. The third kappa shape index (κ3) is 8.24. The van der Waals surface area contributed by atoms with Crippen molar-refractivity contribution in [3.63, 3.8) is 0 Å². The average molecular weight is 619 g/mol. The van der Waals surface area contributed by atoms with Gasteiger partial charge in [-0.25, -0.2) is 8.42 Å². The standard InChI is InChI=1S/C31H37Cl2N3O4S/c1-7-28(30(38)34-31(4,5)6)35(19-23-10-8-9-11-27(23)33)29(37)20-36(25-15-12-21(2)22(3)18-25)41(39,40)26-16-13-24(32)14-17-26/h8-18,28H,7,19-20H2,1-6H3,(H,34,38)/t28-/m0/s1. The number of hydrogen-bond acceptors (Lipinski definition) is 4. The fourth-order valence-corrected chi connectivity index (χ4v) is 6.05. The van der Waals surface area contributed by atoms with Gasteiger partial charge in [-0.3, -0.25) is 13.9 Å². The van der Waals surface area contributed by atoms with Crippen LogP contribution in [0.5, 0.6) is 0 Å². The van der Waals surface area contributed by atoms with Gasteiger partial charge in [-0.1, -0.05) is 54.4 Å². The molecule has 0 fully saturated rings. The molecule has 0 saturated carbocycles. The summed E-state index contributed by atoms with van der Waals surface area (Å²) in [6, 6.07) is 17.2. The molecule has 1 N–H and O–H groups in total. The zero-order chi connectivity index (χ0) is 30.5. The van der Waals surface area contributed by atoms with Gasteiger partial charge in [0.25, 0.3) is 10.0 Å². The van der Waals surface area contributed by atoms with Crippen LogP contribution >= 0.6 is 23.2 Å². The van der Waals surface area contributed by atoms with Gasteiger partial charge in [0.1, 0.15) is 12.6 Å². The van der Waals surface area contributed by atoms with Crippen LogP contribution in [0.4, 0.5) is 5.69 Å². The number of carbonyl (C=O) groups excluding carboxylic acids is 2. The van der Waals surface area contributed by atoms with Gasteiger partial charge >= 0.3 is 0 Å². The number of benzene rings is 3. The van der Waals surface area contributed by atoms with Crippen molar-refractivity contribution in [3.05, 3.63) is 93.5 Å². The maximum Gasteiger partial charge on any atom is 0.264 e. The first-order valence-corrected chi connectivity index (χ1v) is 15.5. The summed E-state index contributed by atoms with van der Waals surface area (Å²) in [6.07, 6.45) is 0.311. The first-order valence-electron chi connectivity index (χ1n) is 13.3. The summed E-state index contributed by atoms with van der Waals surface area (Å²) >= 11 is 12.5. The Labute approximate surface area is 253 Å². The van der Waals surface area contributed by atoms with Crippen molar-refractivity contribution in [2.75, 3.05) is 10.8 Å². The van der Waals surface area contributed by atoms with Crippen molar-refractivity contribution in [2.45, 2.75) is 71.0 Å². The second-order valence-electron chi connectivity index (χ2n) is 11.0. The fraction of sp³-hybridized carbons (Fsp3) is 0.355. The Balaban J connectivity index is 2.11. The maximum absolute atomic E-state index is 14.2. The van der Waals surface area contributed by atoms with Crippen LogP contribution in [0.15, 0.2) is 71.6 Å². The molecule has 0 aliphatic carbocycles. The van der Waals surface area contributed by atoms with Gasteiger partial charge in [-0.15, -0.1) is 0 Å². The van der Waals surface area contributed by atoms with Crippen molar-refractivity contribution >= 4 is 50.7 Å². The number of aryl methyl sites for hydroxylation is 2. The van der Waals surface area contributed by atoms with Gasteiger partial charge in [0, 0.05) is 22.1 Å². The van der Waals surface area contributed by atoms with E-state index in [-0.39, 0.29) is 17.3 Å². The first-order chi connectivity index (χ1) is 19.1. The van der Waals surface area contributed by atoms with Crippen LogP contribution in [-0.2, 0) is 26.2 Å². The zero-order valence-electron chi connectivity index (χ0n) is 24.2. The lowest BCUT2D eigenvalue weighted by molar-refractivity contribution is -0.141. The molecule has 0 saturated heterocycles. The van der Waals surface area contributed by atoms with Gasteiger partial charge in [0.05, 0.1) is 10.6 Å². The normalized spacial score (nSPS) is 12.5. The van der Waals surface area contributed by atoms with E-state index in [0.29, 0.717) is 27.7 Å². The molecule has 41 heavy (non-hydrogen) atoms. The summed E-state index contributed by atoms with van der Waals surface area (Å²) in [5.74, 6) is -0.879. The Bertz CT molecular complexity index is 1500. The van der Waals surface area contributed by atoms with E-state index in [1.54, 1.807) is 36.4 Å². The quantitative estimate of drug-likeness (QED) is 0.280. The summed E-state index contributed by atoms with van der Waals surface area (Å²) < 4.78 is 29.0. The number of halogens is 2. The third-order valence-corrected chi connectivity index (χ3v) is 9.05. The van der Waals surface area contributed by atoms with E-state index in [2.05, 4.69) is 5.32 Å². The molecule has 0 aliphatic heterocycles. The number of carbonyl (C=O) groups is 2. The number of hydrogen-bond donors (Lipinski definition) is 1. The van der Waals surface area contributed by atoms with E-state index >= 15 is 0 Å². The van der Waals surface area contributed by atoms with Crippen LogP contribution in [0.25, 0.3) is 0 Å². The zero-order valence-corrected chi connectivity index (χ0v) is 26.6. The first kappa shape index (κ1) is 32.4. The highest BCUT2D eigenvalue weighted by Gasteiger charge is 2.35. The third-order valence-electron chi connectivity index (χ3n) is 6.64. The van der Waals surface area contributed by atoms with Crippen molar-refractivity contribution in [2.24, 2.45) is 0 Å². The summed E-state index contributed by atoms with van der Waals surface area (Å²) in [5, 5.41) is 3.78. The van der Waals surface area contributed by atoms with Gasteiger partial charge in [0.2, 0.25) is 11.8 Å². The van der Waals surface area contributed by atoms with Gasteiger partial charge in [0.15, 0.2) is 0 Å². The molecule has 3 rings (SSSR count). The minimum atomic E-state index is -4.19. The predicted octanol–water partition coefficient (Wildman–Crippen LogP) is 6.53. The molecule has 0 heterocycles. The van der Waals surface area contributed by atoms with E-state index in [4.69, 9.17) is 23.2 Å². The van der Waals surface area contributed by atoms with Gasteiger partial charge in [-0.2, -0.15) is 0 Å². The van der Waals surface area contributed by atoms with E-state index in [1.807, 2.05) is 47.6 Å². The minimum Gasteiger partial charge on any atom is -0.350 e. The predicted molar refractivity (Wildman–Crippen MR) is 166 cm³/mol. The summed E-state index contributed by atoms with van der Waals surface area (Å²) in [6.45, 7) is 10.7. The number of nitrogens with zero attached hydrogens (tertiary/aromatic N) is 2. The van der Waals surface area contributed by atoms with Crippen molar-refractivity contribution < 1.29 is 18.0 Å². The maximum atomic E-state index is 14.2. The molecule has 0 radical (unpaired) electrons. The molecular weight excluding hydrogens is 581 g/mol. The molecule has 0 spiro atoms. The Morgan fingerprint density at radius 2 is 1.56 bits per heavy atom. The van der Waals surface area contributed by atoms with Crippen LogP contribution < -0.4 is 9.62 Å². The fourth-order valence-electron chi connectivity index (χ4n) is 4.33. The number of nitrogens with one attached hydrogen (secondary N) is 1. The monoisotopic (exact) mass is 617 g/mol. The van der Waals surface area contributed by atoms with Crippen LogP contribution in [0.2, 0.25) is 10.0 Å². The summed E-state index contributed by atoms with van der Waals surface area (Å²) in [7, 11) is -4.19. The van der Waals surface area contributed by atoms with E-state index < -0.39 is 34.1 Å². The molecule has 7 nitrogen and oxygen atoms in total. The molecular formula is C31H37Cl2N3O4S.